The lowest BCUT2D eigenvalue weighted by atomic mass is 10.2. The summed E-state index contributed by atoms with van der Waals surface area (Å²) in [7, 11) is -3.04. The summed E-state index contributed by atoms with van der Waals surface area (Å²) in [4.78, 5) is 0. The van der Waals surface area contributed by atoms with Crippen molar-refractivity contribution in [2.24, 2.45) is 0 Å². The van der Waals surface area contributed by atoms with Gasteiger partial charge in [-0.15, -0.1) is 0 Å². The quantitative estimate of drug-likeness (QED) is 0.690. The molecule has 0 heterocycles. The van der Waals surface area contributed by atoms with Gasteiger partial charge >= 0.3 is 7.60 Å². The van der Waals surface area contributed by atoms with Crippen molar-refractivity contribution in [3.63, 3.8) is 0 Å². The number of allylic oxidation sites excluding steroid dienone is 1. The van der Waals surface area contributed by atoms with E-state index in [0.29, 0.717) is 13.2 Å². The normalized spacial score (nSPS) is 12.1. The van der Waals surface area contributed by atoms with Crippen LogP contribution in [0.2, 0.25) is 0 Å². The van der Waals surface area contributed by atoms with E-state index >= 15 is 0 Å². The molecule has 94 valence electrons. The average molecular weight is 254 g/mol. The highest BCUT2D eigenvalue weighted by atomic mass is 31.2. The standard InChI is InChI=1S/C13H19O3P/c1-3-15-17(14,16-4-2)12-8-11-13-9-6-5-7-10-13/h5-10,12H,3-4,11H2,1-2H3/b12-8+. The Morgan fingerprint density at radius 1 is 1.12 bits per heavy atom. The summed E-state index contributed by atoms with van der Waals surface area (Å²) < 4.78 is 22.4. The molecule has 0 bridgehead atoms. The fourth-order valence-corrected chi connectivity index (χ4v) is 2.75. The van der Waals surface area contributed by atoms with Gasteiger partial charge in [0.15, 0.2) is 0 Å². The maximum absolute atomic E-state index is 12.1. The van der Waals surface area contributed by atoms with Gasteiger partial charge < -0.3 is 9.05 Å². The van der Waals surface area contributed by atoms with Crippen molar-refractivity contribution < 1.29 is 13.6 Å². The zero-order valence-electron chi connectivity index (χ0n) is 10.3. The van der Waals surface area contributed by atoms with Crippen LogP contribution in [0.25, 0.3) is 0 Å². The molecule has 0 amide bonds. The van der Waals surface area contributed by atoms with Crippen LogP contribution < -0.4 is 0 Å². The van der Waals surface area contributed by atoms with Gasteiger partial charge in [-0.1, -0.05) is 36.4 Å². The third kappa shape index (κ3) is 5.31. The van der Waals surface area contributed by atoms with E-state index in [-0.39, 0.29) is 0 Å². The van der Waals surface area contributed by atoms with E-state index in [1.54, 1.807) is 19.7 Å². The second-order valence-corrected chi connectivity index (χ2v) is 5.34. The second kappa shape index (κ2) is 7.44. The van der Waals surface area contributed by atoms with Gasteiger partial charge in [-0.05, 0) is 25.8 Å². The van der Waals surface area contributed by atoms with Gasteiger partial charge in [0.2, 0.25) is 0 Å². The number of hydrogen-bond acceptors (Lipinski definition) is 3. The summed E-state index contributed by atoms with van der Waals surface area (Å²) in [5.41, 5.74) is 1.17. The highest BCUT2D eigenvalue weighted by Gasteiger charge is 2.18. The van der Waals surface area contributed by atoms with Crippen LogP contribution in [0.4, 0.5) is 0 Å². The minimum absolute atomic E-state index is 0.382. The molecule has 0 aromatic heterocycles. The summed E-state index contributed by atoms with van der Waals surface area (Å²) in [5, 5.41) is 0. The van der Waals surface area contributed by atoms with Gasteiger partial charge in [-0.3, -0.25) is 4.57 Å². The summed E-state index contributed by atoms with van der Waals surface area (Å²) in [5.74, 6) is 1.55. The molecule has 0 saturated carbocycles. The zero-order chi connectivity index (χ0) is 12.6. The molecule has 0 spiro atoms. The Kier molecular flexibility index (Phi) is 6.20. The van der Waals surface area contributed by atoms with Crippen molar-refractivity contribution >= 4 is 7.60 Å². The topological polar surface area (TPSA) is 35.5 Å². The second-order valence-electron chi connectivity index (χ2n) is 3.45. The van der Waals surface area contributed by atoms with Gasteiger partial charge in [0.05, 0.1) is 13.2 Å². The third-order valence-corrected chi connectivity index (χ3v) is 3.91. The monoisotopic (exact) mass is 254 g/mol. The first-order valence-corrected chi connectivity index (χ1v) is 7.42. The Morgan fingerprint density at radius 3 is 2.24 bits per heavy atom. The summed E-state index contributed by atoms with van der Waals surface area (Å²) >= 11 is 0. The van der Waals surface area contributed by atoms with E-state index in [2.05, 4.69) is 0 Å². The molecule has 1 aromatic rings. The molecule has 4 heteroatoms. The van der Waals surface area contributed by atoms with E-state index in [9.17, 15) is 4.57 Å². The first-order valence-electron chi connectivity index (χ1n) is 5.80. The van der Waals surface area contributed by atoms with Gasteiger partial charge in [-0.25, -0.2) is 0 Å². The molecule has 1 aromatic carbocycles. The maximum atomic E-state index is 12.1. The first-order chi connectivity index (χ1) is 8.20. The largest absolute Gasteiger partial charge is 0.353 e. The molecule has 0 aliphatic rings. The van der Waals surface area contributed by atoms with Crippen molar-refractivity contribution in [2.75, 3.05) is 13.2 Å². The van der Waals surface area contributed by atoms with Crippen LogP contribution in [0, 0.1) is 0 Å². The lowest BCUT2D eigenvalue weighted by molar-refractivity contribution is 0.229. The van der Waals surface area contributed by atoms with Crippen LogP contribution in [0.5, 0.6) is 0 Å². The van der Waals surface area contributed by atoms with E-state index in [0.717, 1.165) is 6.42 Å². The smallest absolute Gasteiger partial charge is 0.306 e. The molecular formula is C13H19O3P. The molecule has 0 aliphatic carbocycles. The number of hydrogen-bond donors (Lipinski definition) is 0. The molecule has 0 saturated heterocycles. The molecule has 1 rings (SSSR count). The Balaban J connectivity index is 2.58. The fourth-order valence-electron chi connectivity index (χ4n) is 1.42. The molecule has 3 nitrogen and oxygen atoms in total. The molecule has 0 unspecified atom stereocenters. The Morgan fingerprint density at radius 2 is 1.71 bits per heavy atom. The predicted octanol–water partition coefficient (Wildman–Crippen LogP) is 4.01. The average Bonchev–Trinajstić information content (AvgIpc) is 2.31. The number of rotatable bonds is 7. The van der Waals surface area contributed by atoms with Crippen molar-refractivity contribution in [1.82, 2.24) is 0 Å². The van der Waals surface area contributed by atoms with E-state index in [1.165, 1.54) is 5.56 Å². The van der Waals surface area contributed by atoms with Gasteiger partial charge in [0, 0.05) is 5.82 Å². The Bertz CT molecular complexity index is 377. The molecule has 0 aliphatic heterocycles. The third-order valence-electron chi connectivity index (χ3n) is 2.10. The molecule has 0 atom stereocenters. The molecule has 0 N–H and O–H groups in total. The number of benzene rings is 1. The van der Waals surface area contributed by atoms with Crippen molar-refractivity contribution in [2.45, 2.75) is 20.3 Å². The fraction of sp³-hybridized carbons (Fsp3) is 0.385. The minimum Gasteiger partial charge on any atom is -0.306 e. The Labute approximate surface area is 103 Å². The van der Waals surface area contributed by atoms with E-state index in [1.807, 2.05) is 36.4 Å². The van der Waals surface area contributed by atoms with Crippen LogP contribution >= 0.6 is 7.60 Å². The highest BCUT2D eigenvalue weighted by molar-refractivity contribution is 7.57. The van der Waals surface area contributed by atoms with Crippen LogP contribution in [0.15, 0.2) is 42.2 Å². The summed E-state index contributed by atoms with van der Waals surface area (Å²) in [6, 6.07) is 9.98. The van der Waals surface area contributed by atoms with E-state index in [4.69, 9.17) is 9.05 Å². The van der Waals surface area contributed by atoms with Crippen LogP contribution in [-0.2, 0) is 20.0 Å². The SMILES string of the molecule is CCOP(=O)(/C=C/Cc1ccccc1)OCC. The van der Waals surface area contributed by atoms with Crippen molar-refractivity contribution in [1.29, 1.82) is 0 Å². The predicted molar refractivity (Wildman–Crippen MR) is 70.1 cm³/mol. The van der Waals surface area contributed by atoms with Crippen LogP contribution in [0.1, 0.15) is 19.4 Å². The molecular weight excluding hydrogens is 235 g/mol. The summed E-state index contributed by atoms with van der Waals surface area (Å²) in [6.45, 7) is 4.37. The van der Waals surface area contributed by atoms with Gasteiger partial charge in [-0.2, -0.15) is 0 Å². The molecule has 0 fully saturated rings. The summed E-state index contributed by atoms with van der Waals surface area (Å²) in [6.07, 6.45) is 2.56. The van der Waals surface area contributed by atoms with Gasteiger partial charge in [0.1, 0.15) is 0 Å². The minimum atomic E-state index is -3.04. The van der Waals surface area contributed by atoms with Crippen molar-refractivity contribution in [3.8, 4) is 0 Å². The van der Waals surface area contributed by atoms with Gasteiger partial charge in [0.25, 0.3) is 0 Å². The maximum Gasteiger partial charge on any atom is 0.353 e. The zero-order valence-corrected chi connectivity index (χ0v) is 11.2. The lowest BCUT2D eigenvalue weighted by Crippen LogP contribution is -1.92. The van der Waals surface area contributed by atoms with Crippen LogP contribution in [-0.4, -0.2) is 13.2 Å². The molecule has 17 heavy (non-hydrogen) atoms. The first kappa shape index (κ1) is 14.2. The van der Waals surface area contributed by atoms with E-state index < -0.39 is 7.60 Å². The lowest BCUT2D eigenvalue weighted by Gasteiger charge is -2.12. The highest BCUT2D eigenvalue weighted by Crippen LogP contribution is 2.49. The van der Waals surface area contributed by atoms with Crippen molar-refractivity contribution in [3.05, 3.63) is 47.8 Å². The van der Waals surface area contributed by atoms with Crippen LogP contribution in [0.3, 0.4) is 0 Å². The Hall–Kier alpha value is -0.890. The molecule has 0 radical (unpaired) electrons.